The fourth-order valence-corrected chi connectivity index (χ4v) is 14.1. The van der Waals surface area contributed by atoms with Crippen LogP contribution in [0.25, 0.3) is 149 Å². The Balaban J connectivity index is 0.986. The highest BCUT2D eigenvalue weighted by atomic mass is 16.7. The van der Waals surface area contributed by atoms with E-state index >= 15 is 0 Å². The first-order valence-electron chi connectivity index (χ1n) is 30.8. The summed E-state index contributed by atoms with van der Waals surface area (Å²) in [6.45, 7) is 8.45. The molecular weight excluding hydrogens is 1100 g/mol. The van der Waals surface area contributed by atoms with Crippen LogP contribution in [-0.4, -0.2) is 47.0 Å². The Morgan fingerprint density at radius 3 is 0.833 bits per heavy atom. The zero-order valence-electron chi connectivity index (χ0n) is 50.2. The molecule has 0 saturated carbocycles. The van der Waals surface area contributed by atoms with Crippen LogP contribution >= 0.6 is 0 Å². The second kappa shape index (κ2) is 20.8. The molecule has 9 heteroatoms. The minimum absolute atomic E-state index is 0.513. The van der Waals surface area contributed by atoms with E-state index in [1.54, 1.807) is 0 Å². The molecule has 0 atom stereocenters. The van der Waals surface area contributed by atoms with Gasteiger partial charge in [-0.1, -0.05) is 176 Å². The van der Waals surface area contributed by atoms with Crippen LogP contribution in [0.5, 0.6) is 0 Å². The summed E-state index contributed by atoms with van der Waals surface area (Å²) in [5.41, 5.74) is 22.6. The van der Waals surface area contributed by atoms with Crippen molar-refractivity contribution in [2.75, 3.05) is 0 Å². The molecule has 0 spiro atoms. The number of pyridine rings is 3. The zero-order valence-corrected chi connectivity index (χ0v) is 50.2. The van der Waals surface area contributed by atoms with E-state index in [0.717, 1.165) is 139 Å². The Morgan fingerprint density at radius 2 is 0.522 bits per heavy atom. The summed E-state index contributed by atoms with van der Waals surface area (Å²) in [5.74, 6) is 0. The van der Waals surface area contributed by atoms with Gasteiger partial charge in [-0.3, -0.25) is 15.0 Å². The molecule has 0 radical (unpaired) electrons. The molecule has 7 heterocycles. The Bertz CT molecular complexity index is 5280. The van der Waals surface area contributed by atoms with Crippen molar-refractivity contribution in [2.24, 2.45) is 0 Å². The first-order chi connectivity index (χ1) is 44.2. The second-order valence-corrected chi connectivity index (χ2v) is 24.6. The van der Waals surface area contributed by atoms with Crippen LogP contribution in [0.2, 0.25) is 0 Å². The van der Waals surface area contributed by atoms with Gasteiger partial charge >= 0.3 is 7.12 Å². The van der Waals surface area contributed by atoms with Crippen LogP contribution in [0, 0.1) is 0 Å². The number of aromatic nitrogens is 6. The van der Waals surface area contributed by atoms with Gasteiger partial charge < -0.3 is 23.0 Å². The zero-order chi connectivity index (χ0) is 60.2. The molecule has 428 valence electrons. The van der Waals surface area contributed by atoms with Crippen molar-refractivity contribution < 1.29 is 9.31 Å². The summed E-state index contributed by atoms with van der Waals surface area (Å²) in [6.07, 6.45) is 11.6. The molecule has 16 aromatic rings. The lowest BCUT2D eigenvalue weighted by Crippen LogP contribution is -2.41. The number of para-hydroxylation sites is 3. The van der Waals surface area contributed by atoms with Crippen molar-refractivity contribution in [1.82, 2.24) is 28.7 Å². The van der Waals surface area contributed by atoms with Crippen molar-refractivity contribution in [2.45, 2.75) is 38.9 Å². The standard InChI is InChI=1S/C81H59BN6O2/c1-80(2)81(3,4)90-82(89-80)58-35-27-54(28-36-58)76-77(55-29-37-59(38-30-55)86-68-24-14-11-21-62(68)65-43-46-83-49-71(65)86)74(52-17-7-5-8-18-52)75(53-19-9-6-10-20-53)78(56-31-39-60(40-32-56)87-69-25-15-12-22-63(69)66-44-47-84-50-72(66)87)79(76)57-33-41-61(42-34-57)88-70-26-16-13-23-64(70)67-45-48-85-51-73(67)88/h5-51H,1-4H3. The Kier molecular flexibility index (Phi) is 12.3. The molecule has 1 fully saturated rings. The van der Waals surface area contributed by atoms with Crippen LogP contribution in [0.1, 0.15) is 27.7 Å². The summed E-state index contributed by atoms with van der Waals surface area (Å²) in [4.78, 5) is 14.0. The number of rotatable bonds is 10. The van der Waals surface area contributed by atoms with E-state index in [0.29, 0.717) is 0 Å². The third-order valence-corrected chi connectivity index (χ3v) is 19.0. The predicted octanol–water partition coefficient (Wildman–Crippen LogP) is 19.5. The molecule has 10 aromatic carbocycles. The lowest BCUT2D eigenvalue weighted by Gasteiger charge is -2.32. The Morgan fingerprint density at radius 1 is 0.267 bits per heavy atom. The maximum atomic E-state index is 6.74. The third kappa shape index (κ3) is 8.42. The molecule has 1 aliphatic rings. The molecule has 0 unspecified atom stereocenters. The molecule has 90 heavy (non-hydrogen) atoms. The van der Waals surface area contributed by atoms with Gasteiger partial charge in [-0.05, 0) is 173 Å². The Labute approximate surface area is 521 Å². The largest absolute Gasteiger partial charge is 0.494 e. The molecule has 0 amide bonds. The van der Waals surface area contributed by atoms with Gasteiger partial charge in [0.15, 0.2) is 0 Å². The van der Waals surface area contributed by atoms with E-state index in [9.17, 15) is 0 Å². The lowest BCUT2D eigenvalue weighted by atomic mass is 9.73. The maximum absolute atomic E-state index is 6.74. The van der Waals surface area contributed by atoms with Crippen molar-refractivity contribution in [3.05, 3.63) is 286 Å². The highest BCUT2D eigenvalue weighted by molar-refractivity contribution is 6.62. The summed E-state index contributed by atoms with van der Waals surface area (Å²) >= 11 is 0. The first kappa shape index (κ1) is 53.3. The van der Waals surface area contributed by atoms with Crippen molar-refractivity contribution in [1.29, 1.82) is 0 Å². The summed E-state index contributed by atoms with van der Waals surface area (Å²) < 4.78 is 20.5. The number of nitrogens with zero attached hydrogens (tertiary/aromatic N) is 6. The number of hydrogen-bond donors (Lipinski definition) is 0. The molecule has 6 aromatic heterocycles. The van der Waals surface area contributed by atoms with E-state index in [1.165, 1.54) is 16.2 Å². The maximum Gasteiger partial charge on any atom is 0.494 e. The predicted molar refractivity (Wildman–Crippen MR) is 371 cm³/mol. The van der Waals surface area contributed by atoms with Crippen LogP contribution in [0.3, 0.4) is 0 Å². The molecule has 0 N–H and O–H groups in total. The van der Waals surface area contributed by atoms with Gasteiger partial charge in [-0.25, -0.2) is 0 Å². The minimum Gasteiger partial charge on any atom is -0.399 e. The molecular formula is C81H59BN6O2. The van der Waals surface area contributed by atoms with Gasteiger partial charge in [-0.2, -0.15) is 0 Å². The highest BCUT2D eigenvalue weighted by Crippen LogP contribution is 2.56. The summed E-state index contributed by atoms with van der Waals surface area (Å²) in [5, 5.41) is 7.04. The normalized spacial score (nSPS) is 13.8. The van der Waals surface area contributed by atoms with E-state index in [-0.39, 0.29) is 0 Å². The quantitative estimate of drug-likeness (QED) is 0.128. The van der Waals surface area contributed by atoms with Crippen LogP contribution < -0.4 is 5.46 Å². The average Bonchev–Trinajstić information content (AvgIpc) is 1.09. The van der Waals surface area contributed by atoms with Crippen LogP contribution in [0.4, 0.5) is 0 Å². The highest BCUT2D eigenvalue weighted by Gasteiger charge is 2.51. The van der Waals surface area contributed by atoms with Crippen LogP contribution in [-0.2, 0) is 9.31 Å². The van der Waals surface area contributed by atoms with Gasteiger partial charge in [-0.15, -0.1) is 0 Å². The van der Waals surface area contributed by atoms with Crippen molar-refractivity contribution in [3.63, 3.8) is 0 Å². The smallest absolute Gasteiger partial charge is 0.399 e. The van der Waals surface area contributed by atoms with Crippen molar-refractivity contribution >= 4 is 78.0 Å². The number of benzene rings is 10. The van der Waals surface area contributed by atoms with E-state index in [4.69, 9.17) is 9.31 Å². The molecule has 17 rings (SSSR count). The molecule has 0 bridgehead atoms. The van der Waals surface area contributed by atoms with E-state index in [2.05, 4.69) is 305 Å². The van der Waals surface area contributed by atoms with Gasteiger partial charge in [0.1, 0.15) is 0 Å². The topological polar surface area (TPSA) is 71.9 Å². The SMILES string of the molecule is CC1(C)OB(c2ccc(-c3c(-c4ccc(-n5c6ccccc6c6ccncc65)cc4)c(-c4ccccc4)c(-c4ccccc4)c(-c4ccc(-n5c6ccccc6c6ccncc65)cc4)c3-c3ccc(-n4c5ccccc5c5ccncc54)cc3)cc2)OC1(C)C. The first-order valence-corrected chi connectivity index (χ1v) is 30.8. The average molecular weight is 1160 g/mol. The van der Waals surface area contributed by atoms with E-state index in [1.807, 2.05) is 37.2 Å². The molecule has 8 nitrogen and oxygen atoms in total. The van der Waals surface area contributed by atoms with Gasteiger partial charge in [0, 0.05) is 68.0 Å². The molecule has 1 aliphatic heterocycles. The molecule has 0 aliphatic carbocycles. The minimum atomic E-state index is -0.546. The van der Waals surface area contributed by atoms with Gasteiger partial charge in [0.2, 0.25) is 0 Å². The van der Waals surface area contributed by atoms with Gasteiger partial charge in [0.05, 0.1) is 62.9 Å². The molecule has 1 saturated heterocycles. The van der Waals surface area contributed by atoms with E-state index < -0.39 is 18.3 Å². The fraction of sp³-hybridized carbons (Fsp3) is 0.0741. The van der Waals surface area contributed by atoms with Crippen LogP contribution in [0.15, 0.2) is 286 Å². The summed E-state index contributed by atoms with van der Waals surface area (Å²) in [6, 6.07) is 90.9. The third-order valence-electron chi connectivity index (χ3n) is 19.0. The Hall–Kier alpha value is -11.0. The second-order valence-electron chi connectivity index (χ2n) is 24.6. The summed E-state index contributed by atoms with van der Waals surface area (Å²) in [7, 11) is -0.546. The number of fused-ring (bicyclic) bond motifs is 9. The lowest BCUT2D eigenvalue weighted by molar-refractivity contribution is 0.00578. The van der Waals surface area contributed by atoms with Gasteiger partial charge in [0.25, 0.3) is 0 Å². The monoisotopic (exact) mass is 1160 g/mol. The fourth-order valence-electron chi connectivity index (χ4n) is 14.1. The van der Waals surface area contributed by atoms with Crippen molar-refractivity contribution in [3.8, 4) is 83.8 Å². The number of hydrogen-bond acceptors (Lipinski definition) is 5.